The van der Waals surface area contributed by atoms with Crippen molar-refractivity contribution in [3.05, 3.63) is 39.9 Å². The summed E-state index contributed by atoms with van der Waals surface area (Å²) in [6, 6.07) is 2.83. The molecule has 1 rings (SSSR count). The highest BCUT2D eigenvalue weighted by molar-refractivity contribution is 5.77. The molecule has 0 spiro atoms. The van der Waals surface area contributed by atoms with E-state index in [0.29, 0.717) is 6.07 Å². The minimum absolute atomic E-state index is 0.0587. The lowest BCUT2D eigenvalue weighted by Crippen LogP contribution is -2.29. The topological polar surface area (TPSA) is 84.3 Å². The number of hydrazine groups is 1. The number of hydrogen-bond donors (Lipinski definition) is 2. The van der Waals surface area contributed by atoms with Gasteiger partial charge in [0.15, 0.2) is 5.82 Å². The van der Waals surface area contributed by atoms with Crippen LogP contribution in [0.3, 0.4) is 0 Å². The molecule has 1 aromatic carbocycles. The van der Waals surface area contributed by atoms with Gasteiger partial charge in [-0.1, -0.05) is 0 Å². The molecule has 18 heavy (non-hydrogen) atoms. The molecule has 0 fully saturated rings. The number of rotatable bonds is 6. The van der Waals surface area contributed by atoms with E-state index in [2.05, 4.69) is 10.9 Å². The Hall–Kier alpha value is -2.25. The Morgan fingerprint density at radius 3 is 2.72 bits per heavy atom. The number of benzene rings is 1. The van der Waals surface area contributed by atoms with Gasteiger partial charge in [0.2, 0.25) is 12.5 Å². The summed E-state index contributed by atoms with van der Waals surface area (Å²) in [5.74, 6) is -2.09. The maximum absolute atomic E-state index is 13.1. The molecule has 2 N–H and O–H groups in total. The van der Waals surface area contributed by atoms with Gasteiger partial charge in [-0.05, 0) is 12.1 Å². The highest BCUT2D eigenvalue weighted by Crippen LogP contribution is 2.13. The van der Waals surface area contributed by atoms with Gasteiger partial charge in [0.1, 0.15) is 5.82 Å². The normalized spacial score (nSPS) is 9.89. The third kappa shape index (κ3) is 4.73. The van der Waals surface area contributed by atoms with Gasteiger partial charge >= 0.3 is 0 Å². The molecule has 0 aliphatic heterocycles. The molecule has 0 heterocycles. The van der Waals surface area contributed by atoms with E-state index >= 15 is 0 Å². The first-order valence-corrected chi connectivity index (χ1v) is 5.11. The van der Waals surface area contributed by atoms with Crippen LogP contribution in [0.25, 0.3) is 0 Å². The van der Waals surface area contributed by atoms with Gasteiger partial charge in [-0.25, -0.2) is 8.78 Å². The smallest absolute Gasteiger partial charge is 0.238 e. The Kier molecular flexibility index (Phi) is 4.97. The van der Waals surface area contributed by atoms with Crippen LogP contribution in [0.5, 0.6) is 0 Å². The number of anilines is 1. The summed E-state index contributed by atoms with van der Waals surface area (Å²) in [5, 5.41) is 10.0. The Morgan fingerprint density at radius 2 is 2.11 bits per heavy atom. The van der Waals surface area contributed by atoms with Crippen molar-refractivity contribution in [1.82, 2.24) is 5.43 Å². The number of carbonyl (C=O) groups is 1. The standard InChI is InChI=1S/C10H11F2N3O3/c11-7-3-4-9(8(12)6-7)13-14-10(16)2-1-5-15(17)18/h3-4,6,13H,1-2,5H2,(H,14,16). The van der Waals surface area contributed by atoms with E-state index in [1.54, 1.807) is 0 Å². The molecular weight excluding hydrogens is 248 g/mol. The Labute approximate surface area is 101 Å². The van der Waals surface area contributed by atoms with Crippen LogP contribution in [0.15, 0.2) is 18.2 Å². The molecule has 0 aromatic heterocycles. The third-order valence-corrected chi connectivity index (χ3v) is 2.01. The van der Waals surface area contributed by atoms with Gasteiger partial charge in [0, 0.05) is 23.8 Å². The third-order valence-electron chi connectivity index (χ3n) is 2.01. The average molecular weight is 259 g/mol. The van der Waals surface area contributed by atoms with E-state index in [9.17, 15) is 23.7 Å². The molecule has 0 bridgehead atoms. The molecule has 0 radical (unpaired) electrons. The van der Waals surface area contributed by atoms with Gasteiger partial charge in [0.05, 0.1) is 5.69 Å². The van der Waals surface area contributed by atoms with Crippen molar-refractivity contribution >= 4 is 11.6 Å². The fourth-order valence-electron chi connectivity index (χ4n) is 1.16. The van der Waals surface area contributed by atoms with Crippen molar-refractivity contribution in [2.75, 3.05) is 12.0 Å². The summed E-state index contributed by atoms with van der Waals surface area (Å²) in [4.78, 5) is 20.7. The van der Waals surface area contributed by atoms with E-state index in [-0.39, 0.29) is 25.1 Å². The van der Waals surface area contributed by atoms with E-state index in [1.807, 2.05) is 0 Å². The molecule has 0 aliphatic carbocycles. The molecule has 98 valence electrons. The number of hydrogen-bond acceptors (Lipinski definition) is 4. The summed E-state index contributed by atoms with van der Waals surface area (Å²) in [6.07, 6.45) is 0.0310. The van der Waals surface area contributed by atoms with Crippen molar-refractivity contribution in [1.29, 1.82) is 0 Å². The zero-order valence-electron chi connectivity index (χ0n) is 9.28. The number of nitrogens with zero attached hydrogens (tertiary/aromatic N) is 1. The SMILES string of the molecule is O=C(CCC[N+](=O)[O-])NNc1ccc(F)cc1F. The van der Waals surface area contributed by atoms with Crippen molar-refractivity contribution < 1.29 is 18.5 Å². The lowest BCUT2D eigenvalue weighted by molar-refractivity contribution is -0.480. The number of halogens is 2. The monoisotopic (exact) mass is 259 g/mol. The maximum atomic E-state index is 13.1. The van der Waals surface area contributed by atoms with E-state index in [1.165, 1.54) is 0 Å². The van der Waals surface area contributed by atoms with Gasteiger partial charge < -0.3 is 0 Å². The van der Waals surface area contributed by atoms with Gasteiger partial charge in [0.25, 0.3) is 0 Å². The molecule has 0 unspecified atom stereocenters. The van der Waals surface area contributed by atoms with Crippen molar-refractivity contribution in [3.8, 4) is 0 Å². The molecule has 0 saturated heterocycles. The predicted octanol–water partition coefficient (Wildman–Crippen LogP) is 1.46. The predicted molar refractivity (Wildman–Crippen MR) is 59.2 cm³/mol. The number of nitrogens with one attached hydrogen (secondary N) is 2. The average Bonchev–Trinajstić information content (AvgIpc) is 2.27. The second-order valence-corrected chi connectivity index (χ2v) is 3.46. The second kappa shape index (κ2) is 6.48. The van der Waals surface area contributed by atoms with E-state index in [0.717, 1.165) is 12.1 Å². The van der Waals surface area contributed by atoms with Crippen LogP contribution < -0.4 is 10.9 Å². The molecule has 1 amide bonds. The van der Waals surface area contributed by atoms with E-state index < -0.39 is 22.5 Å². The van der Waals surface area contributed by atoms with Crippen molar-refractivity contribution in [2.24, 2.45) is 0 Å². The first-order valence-electron chi connectivity index (χ1n) is 5.11. The largest absolute Gasteiger partial charge is 0.296 e. The van der Waals surface area contributed by atoms with Crippen LogP contribution in [-0.2, 0) is 4.79 Å². The zero-order chi connectivity index (χ0) is 13.5. The molecular formula is C10H11F2N3O3. The molecule has 0 saturated carbocycles. The fourth-order valence-corrected chi connectivity index (χ4v) is 1.16. The highest BCUT2D eigenvalue weighted by Gasteiger charge is 2.06. The quantitative estimate of drug-likeness (QED) is 0.598. The minimum Gasteiger partial charge on any atom is -0.296 e. The molecule has 0 aliphatic rings. The van der Waals surface area contributed by atoms with Crippen LogP contribution in [-0.4, -0.2) is 17.4 Å². The van der Waals surface area contributed by atoms with Gasteiger partial charge in [-0.15, -0.1) is 0 Å². The second-order valence-electron chi connectivity index (χ2n) is 3.46. The van der Waals surface area contributed by atoms with Gasteiger partial charge in [-0.2, -0.15) is 0 Å². The number of nitro groups is 1. The summed E-state index contributed by atoms with van der Waals surface area (Å²) in [7, 11) is 0. The molecule has 1 aromatic rings. The molecule has 0 atom stereocenters. The lowest BCUT2D eigenvalue weighted by atomic mass is 10.3. The number of carbonyl (C=O) groups excluding carboxylic acids is 1. The Bertz CT molecular complexity index is 454. The summed E-state index contributed by atoms with van der Waals surface area (Å²) in [6.45, 7) is -0.307. The maximum Gasteiger partial charge on any atom is 0.238 e. The zero-order valence-corrected chi connectivity index (χ0v) is 9.28. The lowest BCUT2D eigenvalue weighted by Gasteiger charge is -2.08. The van der Waals surface area contributed by atoms with Crippen LogP contribution >= 0.6 is 0 Å². The van der Waals surface area contributed by atoms with Crippen molar-refractivity contribution in [2.45, 2.75) is 12.8 Å². The van der Waals surface area contributed by atoms with Crippen LogP contribution in [0, 0.1) is 21.7 Å². The number of amides is 1. The molecule has 8 heteroatoms. The van der Waals surface area contributed by atoms with E-state index in [4.69, 9.17) is 0 Å². The minimum atomic E-state index is -0.847. The Morgan fingerprint density at radius 1 is 1.39 bits per heavy atom. The first kappa shape index (κ1) is 13.8. The van der Waals surface area contributed by atoms with Gasteiger partial charge in [-0.3, -0.25) is 25.8 Å². The fraction of sp³-hybridized carbons (Fsp3) is 0.300. The van der Waals surface area contributed by atoms with Crippen LogP contribution in [0.2, 0.25) is 0 Å². The van der Waals surface area contributed by atoms with Crippen LogP contribution in [0.4, 0.5) is 14.5 Å². The summed E-state index contributed by atoms with van der Waals surface area (Å²) < 4.78 is 25.7. The highest BCUT2D eigenvalue weighted by atomic mass is 19.1. The molecule has 6 nitrogen and oxygen atoms in total. The van der Waals surface area contributed by atoms with Crippen molar-refractivity contribution in [3.63, 3.8) is 0 Å². The summed E-state index contributed by atoms with van der Waals surface area (Å²) >= 11 is 0. The first-order chi connectivity index (χ1) is 8.49. The summed E-state index contributed by atoms with van der Waals surface area (Å²) in [5.41, 5.74) is 4.34. The Balaban J connectivity index is 2.36. The van der Waals surface area contributed by atoms with Crippen LogP contribution in [0.1, 0.15) is 12.8 Å².